The number of rotatable bonds is 3. The van der Waals surface area contributed by atoms with Gasteiger partial charge in [-0.25, -0.2) is 0 Å². The first-order valence-corrected chi connectivity index (χ1v) is 10.8. The second kappa shape index (κ2) is 7.51. The second-order valence-corrected chi connectivity index (χ2v) is 10.3. The van der Waals surface area contributed by atoms with Crippen molar-refractivity contribution in [3.8, 4) is 11.3 Å². The lowest BCUT2D eigenvalue weighted by Crippen LogP contribution is -2.44. The molecule has 3 heteroatoms. The van der Waals surface area contributed by atoms with Crippen LogP contribution in [-0.2, 0) is 0 Å². The van der Waals surface area contributed by atoms with Crippen LogP contribution in [-0.4, -0.2) is 31.2 Å². The van der Waals surface area contributed by atoms with Crippen molar-refractivity contribution in [1.82, 2.24) is 10.3 Å². The molecule has 2 fully saturated rings. The highest BCUT2D eigenvalue weighted by molar-refractivity contribution is 5.67. The Balaban J connectivity index is 1.77. The molecular weight excluding hydrogens is 342 g/mol. The number of hydrogen-bond acceptors (Lipinski definition) is 3. The highest BCUT2D eigenvalue weighted by atomic mass is 15.2. The van der Waals surface area contributed by atoms with Crippen LogP contribution in [0.4, 0.5) is 5.69 Å². The number of nitrogens with one attached hydrogen (secondary N) is 1. The first kappa shape index (κ1) is 19.4. The van der Waals surface area contributed by atoms with Gasteiger partial charge in [0.1, 0.15) is 0 Å². The quantitative estimate of drug-likeness (QED) is 0.768. The van der Waals surface area contributed by atoms with Gasteiger partial charge in [-0.2, -0.15) is 0 Å². The van der Waals surface area contributed by atoms with E-state index in [0.717, 1.165) is 31.9 Å². The summed E-state index contributed by atoms with van der Waals surface area (Å²) in [4.78, 5) is 7.20. The zero-order valence-electron chi connectivity index (χ0n) is 18.0. The maximum Gasteiger partial charge on any atom is 0.0702 e. The Kier molecular flexibility index (Phi) is 5.22. The van der Waals surface area contributed by atoms with Gasteiger partial charge in [0.15, 0.2) is 0 Å². The summed E-state index contributed by atoms with van der Waals surface area (Å²) in [6.07, 6.45) is 5.73. The molecule has 1 aromatic carbocycles. The summed E-state index contributed by atoms with van der Waals surface area (Å²) in [7, 11) is 0. The number of piperazine rings is 1. The molecule has 150 valence electrons. The molecule has 0 amide bonds. The second-order valence-electron chi connectivity index (χ2n) is 10.3. The van der Waals surface area contributed by atoms with Crippen molar-refractivity contribution < 1.29 is 0 Å². The molecule has 2 heterocycles. The Morgan fingerprint density at radius 1 is 0.964 bits per heavy atom. The fourth-order valence-corrected chi connectivity index (χ4v) is 5.83. The van der Waals surface area contributed by atoms with Crippen molar-refractivity contribution in [1.29, 1.82) is 0 Å². The molecule has 0 unspecified atom stereocenters. The predicted molar refractivity (Wildman–Crippen MR) is 119 cm³/mol. The normalized spacial score (nSPS) is 22.2. The van der Waals surface area contributed by atoms with Crippen LogP contribution < -0.4 is 10.2 Å². The van der Waals surface area contributed by atoms with E-state index in [4.69, 9.17) is 0 Å². The van der Waals surface area contributed by atoms with Gasteiger partial charge in [0.05, 0.1) is 5.69 Å². The number of aromatic nitrogens is 1. The zero-order valence-corrected chi connectivity index (χ0v) is 18.0. The summed E-state index contributed by atoms with van der Waals surface area (Å²) in [6.45, 7) is 14.1. The fraction of sp³-hybridized carbons (Fsp3) is 0.560. The van der Waals surface area contributed by atoms with Crippen molar-refractivity contribution in [2.75, 3.05) is 31.1 Å². The molecule has 1 saturated heterocycles. The lowest BCUT2D eigenvalue weighted by Gasteiger charge is -2.46. The van der Waals surface area contributed by atoms with Crippen LogP contribution in [0.25, 0.3) is 11.3 Å². The number of anilines is 1. The maximum absolute atomic E-state index is 4.61. The Hall–Kier alpha value is -1.87. The molecule has 1 saturated carbocycles. The molecule has 0 spiro atoms. The van der Waals surface area contributed by atoms with Crippen molar-refractivity contribution in [2.45, 2.75) is 52.9 Å². The lowest BCUT2D eigenvalue weighted by atomic mass is 9.60. The number of hydrogen-bond donors (Lipinski definition) is 1. The minimum atomic E-state index is 0.383. The number of nitrogens with zero attached hydrogens (tertiary/aromatic N) is 2. The number of benzene rings is 1. The van der Waals surface area contributed by atoms with Crippen molar-refractivity contribution in [3.63, 3.8) is 0 Å². The third kappa shape index (κ3) is 4.25. The maximum atomic E-state index is 4.61. The SMILES string of the molecule is CC1(C)CC(c2cc(-c3ccccn3)ccc2N2CCNCC2)CC(C)(C)C1. The number of pyridine rings is 1. The van der Waals surface area contributed by atoms with Gasteiger partial charge in [-0.3, -0.25) is 4.98 Å². The molecule has 0 radical (unpaired) electrons. The molecule has 1 aromatic heterocycles. The molecule has 3 nitrogen and oxygen atoms in total. The van der Waals surface area contributed by atoms with Crippen molar-refractivity contribution in [3.05, 3.63) is 48.2 Å². The van der Waals surface area contributed by atoms with Gasteiger partial charge in [0.2, 0.25) is 0 Å². The van der Waals surface area contributed by atoms with Gasteiger partial charge in [0, 0.05) is 43.6 Å². The Morgan fingerprint density at radius 2 is 1.68 bits per heavy atom. The van der Waals surface area contributed by atoms with Crippen LogP contribution in [0.1, 0.15) is 58.4 Å². The highest BCUT2D eigenvalue weighted by Gasteiger charge is 2.40. The first-order valence-electron chi connectivity index (χ1n) is 10.8. The lowest BCUT2D eigenvalue weighted by molar-refractivity contribution is 0.0970. The van der Waals surface area contributed by atoms with E-state index >= 15 is 0 Å². The van der Waals surface area contributed by atoms with Crippen molar-refractivity contribution in [2.24, 2.45) is 10.8 Å². The van der Waals surface area contributed by atoms with E-state index in [0.29, 0.717) is 16.7 Å². The summed E-state index contributed by atoms with van der Waals surface area (Å²) in [6, 6.07) is 13.3. The monoisotopic (exact) mass is 377 g/mol. The summed E-state index contributed by atoms with van der Waals surface area (Å²) in [5.74, 6) is 0.604. The van der Waals surface area contributed by atoms with Crippen LogP contribution in [0, 0.1) is 10.8 Å². The smallest absolute Gasteiger partial charge is 0.0702 e. The molecule has 2 aromatic rings. The van der Waals surface area contributed by atoms with Gasteiger partial charge in [-0.1, -0.05) is 39.8 Å². The summed E-state index contributed by atoms with van der Waals surface area (Å²) >= 11 is 0. The summed E-state index contributed by atoms with van der Waals surface area (Å²) in [5.41, 5.74) is 6.06. The molecule has 2 aliphatic rings. The van der Waals surface area contributed by atoms with Crippen LogP contribution in [0.3, 0.4) is 0 Å². The molecular formula is C25H35N3. The summed E-state index contributed by atoms with van der Waals surface area (Å²) in [5, 5.41) is 3.50. The fourth-order valence-electron chi connectivity index (χ4n) is 5.83. The third-order valence-corrected chi connectivity index (χ3v) is 6.44. The van der Waals surface area contributed by atoms with Gasteiger partial charge in [-0.15, -0.1) is 0 Å². The van der Waals surface area contributed by atoms with Crippen LogP contribution in [0.2, 0.25) is 0 Å². The van der Waals surface area contributed by atoms with E-state index < -0.39 is 0 Å². The standard InChI is InChI=1S/C25H35N3/c1-24(2)16-20(17-25(3,4)18-24)21-15-19(22-7-5-6-10-27-22)8-9-23(21)28-13-11-26-12-14-28/h5-10,15,20,26H,11-14,16-18H2,1-4H3. The first-order chi connectivity index (χ1) is 13.3. The van der Waals surface area contributed by atoms with E-state index in [1.54, 1.807) is 0 Å². The minimum absolute atomic E-state index is 0.383. The Morgan fingerprint density at radius 3 is 2.32 bits per heavy atom. The largest absolute Gasteiger partial charge is 0.369 e. The third-order valence-electron chi connectivity index (χ3n) is 6.44. The van der Waals surface area contributed by atoms with E-state index in [2.05, 4.69) is 73.2 Å². The van der Waals surface area contributed by atoms with E-state index in [-0.39, 0.29) is 0 Å². The van der Waals surface area contributed by atoms with Gasteiger partial charge in [-0.05, 0) is 65.8 Å². The van der Waals surface area contributed by atoms with Gasteiger partial charge in [0.25, 0.3) is 0 Å². The molecule has 28 heavy (non-hydrogen) atoms. The minimum Gasteiger partial charge on any atom is -0.369 e. The molecule has 4 rings (SSSR count). The van der Waals surface area contributed by atoms with Crippen LogP contribution >= 0.6 is 0 Å². The zero-order chi connectivity index (χ0) is 19.8. The summed E-state index contributed by atoms with van der Waals surface area (Å²) < 4.78 is 0. The van der Waals surface area contributed by atoms with E-state index in [9.17, 15) is 0 Å². The predicted octanol–water partition coefficient (Wildman–Crippen LogP) is 5.48. The Labute approximate surface area is 170 Å². The van der Waals surface area contributed by atoms with E-state index in [1.165, 1.54) is 36.1 Å². The topological polar surface area (TPSA) is 28.2 Å². The molecule has 1 N–H and O–H groups in total. The molecule has 0 atom stereocenters. The highest BCUT2D eigenvalue weighted by Crippen LogP contribution is 2.53. The van der Waals surface area contributed by atoms with Crippen LogP contribution in [0.5, 0.6) is 0 Å². The van der Waals surface area contributed by atoms with Crippen LogP contribution in [0.15, 0.2) is 42.6 Å². The van der Waals surface area contributed by atoms with Gasteiger partial charge < -0.3 is 10.2 Å². The molecule has 0 bridgehead atoms. The average Bonchev–Trinajstić information content (AvgIpc) is 2.66. The van der Waals surface area contributed by atoms with Gasteiger partial charge >= 0.3 is 0 Å². The average molecular weight is 378 g/mol. The Bertz CT molecular complexity index is 788. The molecule has 1 aliphatic carbocycles. The molecule has 1 aliphatic heterocycles. The van der Waals surface area contributed by atoms with E-state index in [1.807, 2.05) is 12.3 Å². The van der Waals surface area contributed by atoms with Crippen molar-refractivity contribution >= 4 is 5.69 Å².